The van der Waals surface area contributed by atoms with Gasteiger partial charge in [-0.25, -0.2) is 4.79 Å². The smallest absolute Gasteiger partial charge is 0.319 e. The van der Waals surface area contributed by atoms with Crippen molar-refractivity contribution in [2.24, 2.45) is 0 Å². The van der Waals surface area contributed by atoms with Crippen LogP contribution in [-0.2, 0) is 4.74 Å². The van der Waals surface area contributed by atoms with Gasteiger partial charge in [0.05, 0.1) is 6.61 Å². The summed E-state index contributed by atoms with van der Waals surface area (Å²) in [6, 6.07) is 6.71. The van der Waals surface area contributed by atoms with Crippen LogP contribution in [0, 0.1) is 0 Å². The number of aliphatic hydroxyl groups is 4. The number of hydrogen-bond donors (Lipinski definition) is 6. The molecule has 0 spiro atoms. The highest BCUT2D eigenvalue weighted by atomic mass is 16.6. The van der Waals surface area contributed by atoms with Gasteiger partial charge in [0.1, 0.15) is 24.4 Å². The van der Waals surface area contributed by atoms with Gasteiger partial charge in [0.15, 0.2) is 6.29 Å². The highest BCUT2D eigenvalue weighted by Crippen LogP contribution is 2.19. The molecule has 0 bridgehead atoms. The second-order valence-electron chi connectivity index (χ2n) is 4.72. The first kappa shape index (κ1) is 15.7. The number of nitrogens with one attached hydrogen (secondary N) is 2. The Balaban J connectivity index is 1.96. The van der Waals surface area contributed by atoms with Crippen LogP contribution in [0.15, 0.2) is 30.3 Å². The van der Waals surface area contributed by atoms with Gasteiger partial charge in [-0.3, -0.25) is 0 Å². The van der Waals surface area contributed by atoms with Gasteiger partial charge in [0.2, 0.25) is 0 Å². The van der Waals surface area contributed by atoms with Crippen LogP contribution in [-0.4, -0.2) is 63.7 Å². The Morgan fingerprint density at radius 2 is 1.81 bits per heavy atom. The van der Waals surface area contributed by atoms with Crippen LogP contribution < -0.4 is 10.6 Å². The molecule has 1 aliphatic rings. The Morgan fingerprint density at radius 3 is 2.43 bits per heavy atom. The molecule has 8 nitrogen and oxygen atoms in total. The van der Waals surface area contributed by atoms with Crippen LogP contribution >= 0.6 is 0 Å². The average molecular weight is 298 g/mol. The standard InChI is InChI=1S/C13H18N2O6/c16-6-8-10(17)11(18)9(12(19)21-8)15-13(20)14-7-4-2-1-3-5-7/h1-5,8-12,16-19H,6H2,(H2,14,15,20)/t8-,9-,10+,11-,12?/m1/s1. The molecule has 1 fully saturated rings. The summed E-state index contributed by atoms with van der Waals surface area (Å²) in [4.78, 5) is 11.8. The molecule has 8 heteroatoms. The lowest BCUT2D eigenvalue weighted by molar-refractivity contribution is -0.252. The lowest BCUT2D eigenvalue weighted by Gasteiger charge is -2.40. The maximum absolute atomic E-state index is 11.8. The fourth-order valence-electron chi connectivity index (χ4n) is 2.09. The van der Waals surface area contributed by atoms with Crippen LogP contribution in [0.1, 0.15) is 0 Å². The fraction of sp³-hybridized carbons (Fsp3) is 0.462. The molecular formula is C13H18N2O6. The second kappa shape index (κ2) is 6.83. The molecule has 1 unspecified atom stereocenters. The van der Waals surface area contributed by atoms with E-state index in [1.807, 2.05) is 0 Å². The summed E-state index contributed by atoms with van der Waals surface area (Å²) >= 11 is 0. The lowest BCUT2D eigenvalue weighted by Crippen LogP contribution is -2.64. The molecule has 1 heterocycles. The summed E-state index contributed by atoms with van der Waals surface area (Å²) in [6.45, 7) is -0.557. The quantitative estimate of drug-likeness (QED) is 0.407. The van der Waals surface area contributed by atoms with Crippen molar-refractivity contribution in [2.45, 2.75) is 30.6 Å². The van der Waals surface area contributed by atoms with Gasteiger partial charge in [-0.1, -0.05) is 18.2 Å². The van der Waals surface area contributed by atoms with E-state index in [1.54, 1.807) is 30.3 Å². The number of para-hydroxylation sites is 1. The predicted molar refractivity (Wildman–Crippen MR) is 72.4 cm³/mol. The minimum atomic E-state index is -1.54. The van der Waals surface area contributed by atoms with Gasteiger partial charge < -0.3 is 35.8 Å². The summed E-state index contributed by atoms with van der Waals surface area (Å²) in [7, 11) is 0. The first-order valence-corrected chi connectivity index (χ1v) is 6.46. The number of urea groups is 1. The number of carbonyl (C=O) groups is 1. The Bertz CT molecular complexity index is 471. The molecule has 0 aromatic heterocycles. The van der Waals surface area contributed by atoms with Crippen molar-refractivity contribution in [1.29, 1.82) is 0 Å². The Kier molecular flexibility index (Phi) is 5.10. The molecule has 116 valence electrons. The summed E-state index contributed by atoms with van der Waals surface area (Å²) in [5.74, 6) is 0. The molecule has 0 radical (unpaired) electrons. The van der Waals surface area contributed by atoms with Crippen molar-refractivity contribution in [3.05, 3.63) is 30.3 Å². The molecule has 21 heavy (non-hydrogen) atoms. The third kappa shape index (κ3) is 3.69. The van der Waals surface area contributed by atoms with Gasteiger partial charge in [0.25, 0.3) is 0 Å². The third-order valence-electron chi connectivity index (χ3n) is 3.23. The zero-order valence-electron chi connectivity index (χ0n) is 11.1. The zero-order chi connectivity index (χ0) is 15.4. The number of hydrogen-bond acceptors (Lipinski definition) is 6. The molecule has 1 saturated heterocycles. The van der Waals surface area contributed by atoms with Crippen molar-refractivity contribution in [3.8, 4) is 0 Å². The van der Waals surface area contributed by atoms with Gasteiger partial charge in [0, 0.05) is 5.69 Å². The maximum atomic E-state index is 11.8. The SMILES string of the molecule is O=C(Nc1ccccc1)N[C@H]1C(O)O[C@H](CO)[C@H](O)[C@@H]1O. The molecule has 2 rings (SSSR count). The van der Waals surface area contributed by atoms with E-state index in [1.165, 1.54) is 0 Å². The van der Waals surface area contributed by atoms with E-state index in [-0.39, 0.29) is 0 Å². The normalized spacial score (nSPS) is 32.5. The van der Waals surface area contributed by atoms with Crippen LogP contribution in [0.4, 0.5) is 10.5 Å². The van der Waals surface area contributed by atoms with Gasteiger partial charge in [-0.05, 0) is 12.1 Å². The average Bonchev–Trinajstić information content (AvgIpc) is 2.48. The Labute approximate surface area is 121 Å². The highest BCUT2D eigenvalue weighted by Gasteiger charge is 2.44. The molecule has 5 atom stereocenters. The summed E-state index contributed by atoms with van der Waals surface area (Å²) < 4.78 is 4.93. The first-order valence-electron chi connectivity index (χ1n) is 6.46. The van der Waals surface area contributed by atoms with Crippen LogP contribution in [0.25, 0.3) is 0 Å². The van der Waals surface area contributed by atoms with Crippen LogP contribution in [0.3, 0.4) is 0 Å². The van der Waals surface area contributed by atoms with Crippen molar-refractivity contribution in [3.63, 3.8) is 0 Å². The lowest BCUT2D eigenvalue weighted by atomic mass is 9.97. The zero-order valence-corrected chi connectivity index (χ0v) is 11.1. The minimum Gasteiger partial charge on any atom is -0.394 e. The van der Waals surface area contributed by atoms with E-state index in [9.17, 15) is 20.1 Å². The van der Waals surface area contributed by atoms with Gasteiger partial charge in [-0.2, -0.15) is 0 Å². The number of aliphatic hydroxyl groups excluding tert-OH is 4. The molecular weight excluding hydrogens is 280 g/mol. The number of anilines is 1. The largest absolute Gasteiger partial charge is 0.394 e. The molecule has 1 aliphatic heterocycles. The van der Waals surface area contributed by atoms with Crippen LogP contribution in [0.2, 0.25) is 0 Å². The van der Waals surface area contributed by atoms with E-state index in [4.69, 9.17) is 9.84 Å². The third-order valence-corrected chi connectivity index (χ3v) is 3.23. The first-order chi connectivity index (χ1) is 10.0. The van der Waals surface area contributed by atoms with E-state index >= 15 is 0 Å². The molecule has 1 aromatic carbocycles. The summed E-state index contributed by atoms with van der Waals surface area (Å²) in [6.07, 6.45) is -5.53. The van der Waals surface area contributed by atoms with Crippen molar-refractivity contribution in [1.82, 2.24) is 5.32 Å². The second-order valence-corrected chi connectivity index (χ2v) is 4.72. The molecule has 1 aromatic rings. The summed E-state index contributed by atoms with van der Waals surface area (Å²) in [5.41, 5.74) is 0.532. The van der Waals surface area contributed by atoms with E-state index in [0.29, 0.717) is 5.69 Å². The van der Waals surface area contributed by atoms with E-state index in [0.717, 1.165) is 0 Å². The minimum absolute atomic E-state index is 0.532. The number of ether oxygens (including phenoxy) is 1. The highest BCUT2D eigenvalue weighted by molar-refractivity contribution is 5.89. The van der Waals surface area contributed by atoms with Gasteiger partial charge >= 0.3 is 6.03 Å². The van der Waals surface area contributed by atoms with E-state index in [2.05, 4.69) is 10.6 Å². The van der Waals surface area contributed by atoms with Crippen molar-refractivity contribution >= 4 is 11.7 Å². The monoisotopic (exact) mass is 298 g/mol. The van der Waals surface area contributed by atoms with Gasteiger partial charge in [-0.15, -0.1) is 0 Å². The number of rotatable bonds is 3. The molecule has 0 aliphatic carbocycles. The van der Waals surface area contributed by atoms with Crippen molar-refractivity contribution < 1.29 is 30.0 Å². The Hall–Kier alpha value is -1.71. The number of benzene rings is 1. The predicted octanol–water partition coefficient (Wildman–Crippen LogP) is -1.39. The van der Waals surface area contributed by atoms with E-state index < -0.39 is 43.3 Å². The van der Waals surface area contributed by atoms with Crippen molar-refractivity contribution in [2.75, 3.05) is 11.9 Å². The fourth-order valence-corrected chi connectivity index (χ4v) is 2.09. The number of carbonyl (C=O) groups excluding carboxylic acids is 1. The molecule has 0 saturated carbocycles. The topological polar surface area (TPSA) is 131 Å². The molecule has 2 amide bonds. The van der Waals surface area contributed by atoms with Crippen LogP contribution in [0.5, 0.6) is 0 Å². The number of amides is 2. The Morgan fingerprint density at radius 1 is 1.14 bits per heavy atom. The maximum Gasteiger partial charge on any atom is 0.319 e. The molecule has 6 N–H and O–H groups in total. The summed E-state index contributed by atoms with van der Waals surface area (Å²) in [5, 5.41) is 43.1.